The van der Waals surface area contributed by atoms with Crippen LogP contribution in [-0.2, 0) is 4.74 Å². The van der Waals surface area contributed by atoms with Crippen LogP contribution in [0.4, 0.5) is 4.79 Å². The van der Waals surface area contributed by atoms with Gasteiger partial charge in [-0.3, -0.25) is 4.90 Å². The number of nitrogens with zero attached hydrogens (tertiary/aromatic N) is 1. The largest absolute Gasteiger partial charge is 0.447 e. The van der Waals surface area contributed by atoms with E-state index in [1.807, 2.05) is 42.6 Å². The Hall–Kier alpha value is -2.55. The zero-order valence-electron chi connectivity index (χ0n) is 12.6. The van der Waals surface area contributed by atoms with Crippen molar-refractivity contribution in [2.75, 3.05) is 13.2 Å². The molecule has 2 aromatic carbocycles. The Balaban J connectivity index is 2.00. The topological polar surface area (TPSA) is 29.5 Å². The molecule has 3 rings (SSSR count). The number of hydrogen-bond donors (Lipinski definition) is 0. The molecule has 0 aromatic heterocycles. The SMILES string of the molecule is C[C@@H](/C(=C/N1CCOC1=O)c1ccccc1)c1ccccc1. The van der Waals surface area contributed by atoms with Crippen LogP contribution < -0.4 is 0 Å². The van der Waals surface area contributed by atoms with E-state index in [0.29, 0.717) is 13.2 Å². The monoisotopic (exact) mass is 293 g/mol. The van der Waals surface area contributed by atoms with Gasteiger partial charge < -0.3 is 4.74 Å². The first kappa shape index (κ1) is 14.4. The summed E-state index contributed by atoms with van der Waals surface area (Å²) >= 11 is 0. The van der Waals surface area contributed by atoms with Crippen LogP contribution in [0.3, 0.4) is 0 Å². The summed E-state index contributed by atoms with van der Waals surface area (Å²) in [5.74, 6) is 0.192. The standard InChI is InChI=1S/C19H19NO2/c1-15(16-8-4-2-5-9-16)18(17-10-6-3-7-11-17)14-20-12-13-22-19(20)21/h2-11,14-15H,12-13H2,1H3/b18-14-/t15-/m1/s1. The van der Waals surface area contributed by atoms with Gasteiger partial charge in [0, 0.05) is 12.1 Å². The van der Waals surface area contributed by atoms with Gasteiger partial charge in [-0.1, -0.05) is 67.6 Å². The molecule has 0 radical (unpaired) electrons. The maximum absolute atomic E-state index is 11.8. The molecular weight excluding hydrogens is 274 g/mol. The highest BCUT2D eigenvalue weighted by Crippen LogP contribution is 2.32. The molecule has 22 heavy (non-hydrogen) atoms. The van der Waals surface area contributed by atoms with Crippen LogP contribution in [-0.4, -0.2) is 24.1 Å². The maximum atomic E-state index is 11.8. The summed E-state index contributed by atoms with van der Waals surface area (Å²) in [6, 6.07) is 20.5. The van der Waals surface area contributed by atoms with Gasteiger partial charge in [-0.05, 0) is 16.7 Å². The van der Waals surface area contributed by atoms with Gasteiger partial charge in [-0.15, -0.1) is 0 Å². The van der Waals surface area contributed by atoms with Crippen molar-refractivity contribution < 1.29 is 9.53 Å². The Labute approximate surface area is 130 Å². The van der Waals surface area contributed by atoms with Crippen LogP contribution in [0.25, 0.3) is 5.57 Å². The molecule has 2 aromatic rings. The first-order valence-corrected chi connectivity index (χ1v) is 7.51. The summed E-state index contributed by atoms with van der Waals surface area (Å²) in [6.45, 7) is 3.23. The van der Waals surface area contributed by atoms with E-state index in [-0.39, 0.29) is 12.0 Å². The van der Waals surface area contributed by atoms with Gasteiger partial charge in [0.2, 0.25) is 0 Å². The van der Waals surface area contributed by atoms with Crippen molar-refractivity contribution in [1.29, 1.82) is 0 Å². The summed E-state index contributed by atoms with van der Waals surface area (Å²) in [4.78, 5) is 13.4. The molecule has 1 atom stereocenters. The minimum absolute atomic E-state index is 0.192. The molecule has 1 amide bonds. The van der Waals surface area contributed by atoms with Crippen molar-refractivity contribution in [1.82, 2.24) is 4.90 Å². The number of hydrogen-bond acceptors (Lipinski definition) is 2. The molecule has 0 saturated carbocycles. The fourth-order valence-electron chi connectivity index (χ4n) is 2.68. The smallest absolute Gasteiger partial charge is 0.413 e. The van der Waals surface area contributed by atoms with Crippen LogP contribution in [0.2, 0.25) is 0 Å². The lowest BCUT2D eigenvalue weighted by Crippen LogP contribution is -2.18. The van der Waals surface area contributed by atoms with Gasteiger partial charge in [0.15, 0.2) is 0 Å². The summed E-state index contributed by atoms with van der Waals surface area (Å²) in [5, 5.41) is 0. The number of rotatable bonds is 4. The number of benzene rings is 2. The zero-order valence-corrected chi connectivity index (χ0v) is 12.6. The molecular formula is C19H19NO2. The second-order valence-corrected chi connectivity index (χ2v) is 5.39. The van der Waals surface area contributed by atoms with Gasteiger partial charge in [0.25, 0.3) is 0 Å². The van der Waals surface area contributed by atoms with E-state index in [1.54, 1.807) is 4.90 Å². The third-order valence-electron chi connectivity index (χ3n) is 3.96. The molecule has 1 aliphatic rings. The summed E-state index contributed by atoms with van der Waals surface area (Å²) in [7, 11) is 0. The fraction of sp³-hybridized carbons (Fsp3) is 0.211. The minimum Gasteiger partial charge on any atom is -0.447 e. The number of carbonyl (C=O) groups is 1. The third-order valence-corrected chi connectivity index (χ3v) is 3.96. The second kappa shape index (κ2) is 6.48. The Morgan fingerprint density at radius 3 is 2.32 bits per heavy atom. The highest BCUT2D eigenvalue weighted by molar-refractivity contribution is 5.77. The average molecular weight is 293 g/mol. The van der Waals surface area contributed by atoms with Crippen molar-refractivity contribution in [2.24, 2.45) is 0 Å². The fourth-order valence-corrected chi connectivity index (χ4v) is 2.68. The highest BCUT2D eigenvalue weighted by atomic mass is 16.6. The molecule has 0 aliphatic carbocycles. The summed E-state index contributed by atoms with van der Waals surface area (Å²) in [5.41, 5.74) is 3.47. The molecule has 3 heteroatoms. The van der Waals surface area contributed by atoms with Crippen molar-refractivity contribution >= 4 is 11.7 Å². The Morgan fingerprint density at radius 2 is 1.73 bits per heavy atom. The first-order chi connectivity index (χ1) is 10.8. The Bertz CT molecular complexity index is 664. The molecule has 3 nitrogen and oxygen atoms in total. The van der Waals surface area contributed by atoms with Crippen molar-refractivity contribution in [3.05, 3.63) is 78.0 Å². The van der Waals surface area contributed by atoms with E-state index in [0.717, 1.165) is 11.1 Å². The van der Waals surface area contributed by atoms with Crippen molar-refractivity contribution in [3.8, 4) is 0 Å². The molecule has 1 fully saturated rings. The predicted molar refractivity (Wildman–Crippen MR) is 87.3 cm³/mol. The maximum Gasteiger partial charge on any atom is 0.413 e. The van der Waals surface area contributed by atoms with Crippen molar-refractivity contribution in [2.45, 2.75) is 12.8 Å². The van der Waals surface area contributed by atoms with E-state index in [2.05, 4.69) is 31.2 Å². The van der Waals surface area contributed by atoms with Crippen LogP contribution in [0.5, 0.6) is 0 Å². The van der Waals surface area contributed by atoms with Gasteiger partial charge >= 0.3 is 6.09 Å². The number of carbonyl (C=O) groups excluding carboxylic acids is 1. The Morgan fingerprint density at radius 1 is 1.09 bits per heavy atom. The number of allylic oxidation sites excluding steroid dienone is 1. The predicted octanol–water partition coefficient (Wildman–Crippen LogP) is 4.28. The second-order valence-electron chi connectivity index (χ2n) is 5.39. The van der Waals surface area contributed by atoms with E-state index in [4.69, 9.17) is 4.74 Å². The first-order valence-electron chi connectivity index (χ1n) is 7.51. The van der Waals surface area contributed by atoms with Gasteiger partial charge in [-0.2, -0.15) is 0 Å². The molecule has 0 spiro atoms. The number of amides is 1. The quantitative estimate of drug-likeness (QED) is 0.842. The van der Waals surface area contributed by atoms with Crippen LogP contribution >= 0.6 is 0 Å². The lowest BCUT2D eigenvalue weighted by atomic mass is 9.88. The lowest BCUT2D eigenvalue weighted by molar-refractivity contribution is 0.166. The van der Waals surface area contributed by atoms with E-state index in [9.17, 15) is 4.79 Å². The van der Waals surface area contributed by atoms with Crippen molar-refractivity contribution in [3.63, 3.8) is 0 Å². The Kier molecular flexibility index (Phi) is 4.24. The van der Waals surface area contributed by atoms with Gasteiger partial charge in [0.1, 0.15) is 6.61 Å². The van der Waals surface area contributed by atoms with E-state index < -0.39 is 0 Å². The number of ether oxygens (including phenoxy) is 1. The average Bonchev–Trinajstić information content (AvgIpc) is 2.98. The van der Waals surface area contributed by atoms with Gasteiger partial charge in [0.05, 0.1) is 6.54 Å². The molecule has 1 saturated heterocycles. The molecule has 112 valence electrons. The zero-order chi connectivity index (χ0) is 15.4. The minimum atomic E-state index is -0.270. The normalized spacial score (nSPS) is 16.5. The summed E-state index contributed by atoms with van der Waals surface area (Å²) < 4.78 is 5.03. The van der Waals surface area contributed by atoms with Crippen LogP contribution in [0.1, 0.15) is 24.0 Å². The molecule has 1 aliphatic heterocycles. The molecule has 1 heterocycles. The highest BCUT2D eigenvalue weighted by Gasteiger charge is 2.22. The third kappa shape index (κ3) is 3.03. The molecule has 0 bridgehead atoms. The van der Waals surface area contributed by atoms with Gasteiger partial charge in [-0.25, -0.2) is 4.79 Å². The lowest BCUT2D eigenvalue weighted by Gasteiger charge is -2.19. The van der Waals surface area contributed by atoms with E-state index in [1.165, 1.54) is 5.56 Å². The number of cyclic esters (lactones) is 1. The molecule has 0 unspecified atom stereocenters. The van der Waals surface area contributed by atoms with Crippen LogP contribution in [0.15, 0.2) is 66.9 Å². The summed E-state index contributed by atoms with van der Waals surface area (Å²) in [6.07, 6.45) is 1.66. The molecule has 0 N–H and O–H groups in total. The van der Waals surface area contributed by atoms with Crippen LogP contribution in [0, 0.1) is 0 Å². The van der Waals surface area contributed by atoms with E-state index >= 15 is 0 Å².